The van der Waals surface area contributed by atoms with Gasteiger partial charge in [-0.3, -0.25) is 0 Å². The molecular weight excluding hydrogens is 220 g/mol. The first kappa shape index (κ1) is 12.0. The Morgan fingerprint density at radius 1 is 1.56 bits per heavy atom. The number of hydrogen-bond acceptors (Lipinski definition) is 4. The summed E-state index contributed by atoms with van der Waals surface area (Å²) in [5, 5.41) is 3.22. The topological polar surface area (TPSA) is 38.1 Å². The number of rotatable bonds is 4. The van der Waals surface area contributed by atoms with Crippen LogP contribution in [0.3, 0.4) is 0 Å². The van der Waals surface area contributed by atoms with E-state index in [1.54, 1.807) is 0 Å². The number of nitrogens with zero attached hydrogens (tertiary/aromatic N) is 1. The Bertz CT molecular complexity index is 321. The zero-order valence-corrected chi connectivity index (χ0v) is 10.8. The average Bonchev–Trinajstić information content (AvgIpc) is 2.78. The van der Waals surface area contributed by atoms with Crippen molar-refractivity contribution < 1.29 is 4.42 Å². The van der Waals surface area contributed by atoms with Crippen molar-refractivity contribution in [2.24, 2.45) is 0 Å². The van der Waals surface area contributed by atoms with Crippen LogP contribution in [-0.4, -0.2) is 29.6 Å². The summed E-state index contributed by atoms with van der Waals surface area (Å²) in [5.41, 5.74) is 1.08. The van der Waals surface area contributed by atoms with Crippen molar-refractivity contribution in [3.63, 3.8) is 0 Å². The van der Waals surface area contributed by atoms with E-state index in [0.717, 1.165) is 18.0 Å². The molecule has 1 unspecified atom stereocenters. The highest BCUT2D eigenvalue weighted by Gasteiger charge is 2.20. The monoisotopic (exact) mass is 240 g/mol. The lowest BCUT2D eigenvalue weighted by atomic mass is 10.0. The predicted molar refractivity (Wildman–Crippen MR) is 68.0 cm³/mol. The molecule has 1 aliphatic rings. The van der Waals surface area contributed by atoms with Crippen molar-refractivity contribution in [1.82, 2.24) is 10.3 Å². The van der Waals surface area contributed by atoms with Crippen LogP contribution in [0.2, 0.25) is 0 Å². The molecule has 16 heavy (non-hydrogen) atoms. The summed E-state index contributed by atoms with van der Waals surface area (Å²) in [7, 11) is 1.98. The van der Waals surface area contributed by atoms with Gasteiger partial charge in [-0.1, -0.05) is 0 Å². The molecule has 1 atom stereocenters. The van der Waals surface area contributed by atoms with Crippen molar-refractivity contribution in [1.29, 1.82) is 0 Å². The van der Waals surface area contributed by atoms with Crippen LogP contribution >= 0.6 is 11.8 Å². The largest absolute Gasteiger partial charge is 0.448 e. The minimum absolute atomic E-state index is 0.458. The van der Waals surface area contributed by atoms with E-state index >= 15 is 0 Å². The molecule has 0 bridgehead atoms. The second-order valence-corrected chi connectivity index (χ2v) is 5.68. The molecule has 0 amide bonds. The summed E-state index contributed by atoms with van der Waals surface area (Å²) in [6, 6.07) is 0.458. The third-order valence-electron chi connectivity index (χ3n) is 3.15. The molecule has 1 aromatic heterocycles. The van der Waals surface area contributed by atoms with Gasteiger partial charge in [-0.2, -0.15) is 11.8 Å². The lowest BCUT2D eigenvalue weighted by Crippen LogP contribution is -2.23. The van der Waals surface area contributed by atoms with E-state index in [-0.39, 0.29) is 0 Å². The number of hydrogen-bond donors (Lipinski definition) is 1. The van der Waals surface area contributed by atoms with Gasteiger partial charge in [0.2, 0.25) is 0 Å². The predicted octanol–water partition coefficient (Wildman–Crippen LogP) is 2.44. The van der Waals surface area contributed by atoms with E-state index in [0.29, 0.717) is 12.0 Å². The smallest absolute Gasteiger partial charge is 0.197 e. The highest BCUT2D eigenvalue weighted by Crippen LogP contribution is 2.30. The molecule has 0 aromatic carbocycles. The van der Waals surface area contributed by atoms with Gasteiger partial charge in [-0.05, 0) is 38.3 Å². The maximum Gasteiger partial charge on any atom is 0.197 e. The molecule has 2 heterocycles. The van der Waals surface area contributed by atoms with E-state index in [4.69, 9.17) is 4.42 Å². The Kier molecular flexibility index (Phi) is 4.29. The Balaban J connectivity index is 1.95. The highest BCUT2D eigenvalue weighted by atomic mass is 32.2. The van der Waals surface area contributed by atoms with Crippen molar-refractivity contribution in [2.75, 3.05) is 18.6 Å². The van der Waals surface area contributed by atoms with Crippen molar-refractivity contribution in [3.05, 3.63) is 17.8 Å². The van der Waals surface area contributed by atoms with Gasteiger partial charge in [0.1, 0.15) is 6.26 Å². The molecule has 1 fully saturated rings. The second-order valence-electron chi connectivity index (χ2n) is 4.46. The zero-order chi connectivity index (χ0) is 11.4. The number of aromatic nitrogens is 1. The van der Waals surface area contributed by atoms with E-state index in [1.807, 2.05) is 25.1 Å². The van der Waals surface area contributed by atoms with E-state index in [2.05, 4.69) is 17.2 Å². The quantitative estimate of drug-likeness (QED) is 0.877. The van der Waals surface area contributed by atoms with E-state index in [1.165, 1.54) is 24.3 Å². The molecule has 90 valence electrons. The number of likely N-dealkylation sites (N-methyl/N-ethyl adjacent to an activating group) is 1. The number of nitrogens with one attached hydrogen (secondary N) is 1. The highest BCUT2D eigenvalue weighted by molar-refractivity contribution is 7.99. The molecule has 1 N–H and O–H groups in total. The van der Waals surface area contributed by atoms with E-state index < -0.39 is 0 Å². The van der Waals surface area contributed by atoms with Gasteiger partial charge in [0, 0.05) is 18.4 Å². The first-order valence-electron chi connectivity index (χ1n) is 5.99. The van der Waals surface area contributed by atoms with E-state index in [9.17, 15) is 0 Å². The third kappa shape index (κ3) is 3.01. The normalized spacial score (nSPS) is 19.9. The molecule has 0 radical (unpaired) electrons. The molecule has 0 aliphatic carbocycles. The van der Waals surface area contributed by atoms with Crippen LogP contribution in [0.15, 0.2) is 10.7 Å². The summed E-state index contributed by atoms with van der Waals surface area (Å²) in [6.45, 7) is 2.16. The molecule has 0 spiro atoms. The number of oxazole rings is 1. The standard InChI is InChI=1S/C12H20N2OS/c1-9(13-2)7-11-8-15-12(14-11)10-3-5-16-6-4-10/h8-10,13H,3-7H2,1-2H3. The molecule has 1 aromatic rings. The van der Waals surface area contributed by atoms with Crippen LogP contribution in [0.25, 0.3) is 0 Å². The number of thioether (sulfide) groups is 1. The summed E-state index contributed by atoms with van der Waals surface area (Å²) in [4.78, 5) is 4.61. The summed E-state index contributed by atoms with van der Waals surface area (Å²) in [5.74, 6) is 4.00. The Morgan fingerprint density at radius 3 is 3.00 bits per heavy atom. The lowest BCUT2D eigenvalue weighted by Gasteiger charge is -2.17. The van der Waals surface area contributed by atoms with Crippen LogP contribution in [-0.2, 0) is 6.42 Å². The van der Waals surface area contributed by atoms with Crippen LogP contribution < -0.4 is 5.32 Å². The molecule has 1 aliphatic heterocycles. The molecule has 3 nitrogen and oxygen atoms in total. The Morgan fingerprint density at radius 2 is 2.31 bits per heavy atom. The molecule has 2 rings (SSSR count). The summed E-state index contributed by atoms with van der Waals surface area (Å²) >= 11 is 2.03. The van der Waals surface area contributed by atoms with Gasteiger partial charge in [0.25, 0.3) is 0 Å². The maximum absolute atomic E-state index is 5.60. The second kappa shape index (κ2) is 5.73. The summed E-state index contributed by atoms with van der Waals surface area (Å²) in [6.07, 6.45) is 5.20. The van der Waals surface area contributed by atoms with Gasteiger partial charge in [0.05, 0.1) is 5.69 Å². The third-order valence-corrected chi connectivity index (χ3v) is 4.20. The van der Waals surface area contributed by atoms with Gasteiger partial charge in [-0.15, -0.1) is 0 Å². The van der Waals surface area contributed by atoms with Gasteiger partial charge >= 0.3 is 0 Å². The van der Waals surface area contributed by atoms with Crippen molar-refractivity contribution >= 4 is 11.8 Å². The first-order chi connectivity index (χ1) is 7.79. The minimum atomic E-state index is 0.458. The molecule has 0 saturated carbocycles. The minimum Gasteiger partial charge on any atom is -0.448 e. The van der Waals surface area contributed by atoms with Crippen molar-refractivity contribution in [3.8, 4) is 0 Å². The van der Waals surface area contributed by atoms with Crippen LogP contribution in [0.4, 0.5) is 0 Å². The maximum atomic E-state index is 5.60. The fourth-order valence-corrected chi connectivity index (χ4v) is 3.07. The Hall–Kier alpha value is -0.480. The molecule has 4 heteroatoms. The van der Waals surface area contributed by atoms with Gasteiger partial charge in [-0.25, -0.2) is 4.98 Å². The first-order valence-corrected chi connectivity index (χ1v) is 7.14. The SMILES string of the molecule is CNC(C)Cc1coc(C2CCSCC2)n1. The fourth-order valence-electron chi connectivity index (χ4n) is 1.96. The Labute approximate surface area is 101 Å². The van der Waals surface area contributed by atoms with Crippen LogP contribution in [0.5, 0.6) is 0 Å². The van der Waals surface area contributed by atoms with Gasteiger partial charge < -0.3 is 9.73 Å². The lowest BCUT2D eigenvalue weighted by molar-refractivity contribution is 0.430. The fraction of sp³-hybridized carbons (Fsp3) is 0.750. The van der Waals surface area contributed by atoms with Crippen molar-refractivity contribution in [2.45, 2.75) is 38.1 Å². The zero-order valence-electron chi connectivity index (χ0n) is 10.0. The molecular formula is C12H20N2OS. The van der Waals surface area contributed by atoms with Crippen LogP contribution in [0.1, 0.15) is 37.3 Å². The molecule has 1 saturated heterocycles. The average molecular weight is 240 g/mol. The summed E-state index contributed by atoms with van der Waals surface area (Å²) < 4.78 is 5.60. The van der Waals surface area contributed by atoms with Crippen LogP contribution in [0, 0.1) is 0 Å². The van der Waals surface area contributed by atoms with Gasteiger partial charge in [0.15, 0.2) is 5.89 Å².